The van der Waals surface area contributed by atoms with Crippen LogP contribution in [-0.4, -0.2) is 40.9 Å². The van der Waals surface area contributed by atoms with E-state index in [0.717, 1.165) is 0 Å². The van der Waals surface area contributed by atoms with E-state index >= 15 is 0 Å². The Hall–Kier alpha value is -1.20. The van der Waals surface area contributed by atoms with Gasteiger partial charge in [0, 0.05) is 31.8 Å². The van der Waals surface area contributed by atoms with Crippen molar-refractivity contribution in [3.05, 3.63) is 0 Å². The fourth-order valence-corrected chi connectivity index (χ4v) is 2.33. The number of carbonyl (C=O) groups is 2. The highest BCUT2D eigenvalue weighted by Crippen LogP contribution is 2.36. The van der Waals surface area contributed by atoms with Crippen LogP contribution in [0.5, 0.6) is 0 Å². The molecule has 0 heterocycles. The molecule has 0 aliphatic heterocycles. The number of aliphatic carboxylic acids is 1. The molecule has 0 aromatic rings. The summed E-state index contributed by atoms with van der Waals surface area (Å²) in [6.07, 6.45) is -0.140. The first-order chi connectivity index (χ1) is 8.76. The van der Waals surface area contributed by atoms with E-state index in [-0.39, 0.29) is 44.1 Å². The minimum Gasteiger partial charge on any atom is -0.481 e. The maximum absolute atomic E-state index is 13.0. The van der Waals surface area contributed by atoms with Crippen LogP contribution in [0.15, 0.2) is 0 Å². The van der Waals surface area contributed by atoms with Crippen molar-refractivity contribution >= 4 is 11.9 Å². The molecule has 0 spiro atoms. The van der Waals surface area contributed by atoms with Gasteiger partial charge in [-0.25, -0.2) is 8.78 Å². The molecule has 110 valence electrons. The number of rotatable bonds is 5. The summed E-state index contributed by atoms with van der Waals surface area (Å²) in [7, 11) is 0. The molecule has 19 heavy (non-hydrogen) atoms. The summed E-state index contributed by atoms with van der Waals surface area (Å²) >= 11 is 0. The molecular formula is C13H21F2NO3. The standard InChI is InChI=1S/C13H21F2NO3/c1-3-16(8-9(2)12(18)19)11(17)10-4-6-13(14,15)7-5-10/h9-10H,3-8H2,1-2H3,(H,18,19). The Morgan fingerprint density at radius 1 is 1.37 bits per heavy atom. The summed E-state index contributed by atoms with van der Waals surface area (Å²) in [4.78, 5) is 24.4. The second kappa shape index (κ2) is 6.30. The molecule has 6 heteroatoms. The maximum atomic E-state index is 13.0. The molecule has 0 aromatic heterocycles. The van der Waals surface area contributed by atoms with E-state index < -0.39 is 17.8 Å². The molecular weight excluding hydrogens is 256 g/mol. The first kappa shape index (κ1) is 15.9. The van der Waals surface area contributed by atoms with E-state index in [1.54, 1.807) is 6.92 Å². The highest BCUT2D eigenvalue weighted by molar-refractivity contribution is 5.79. The zero-order valence-electron chi connectivity index (χ0n) is 11.4. The number of carboxylic acids is 1. The van der Waals surface area contributed by atoms with E-state index in [0.29, 0.717) is 6.54 Å². The fourth-order valence-electron chi connectivity index (χ4n) is 2.33. The SMILES string of the molecule is CCN(CC(C)C(=O)O)C(=O)C1CCC(F)(F)CC1. The van der Waals surface area contributed by atoms with Crippen LogP contribution < -0.4 is 0 Å². The third-order valence-electron chi connectivity index (χ3n) is 3.68. The van der Waals surface area contributed by atoms with E-state index in [1.165, 1.54) is 11.8 Å². The van der Waals surface area contributed by atoms with Crippen molar-refractivity contribution in [2.45, 2.75) is 45.5 Å². The average Bonchev–Trinajstić information content (AvgIpc) is 2.34. The van der Waals surface area contributed by atoms with Gasteiger partial charge in [-0.15, -0.1) is 0 Å². The number of alkyl halides is 2. The topological polar surface area (TPSA) is 57.6 Å². The van der Waals surface area contributed by atoms with Crippen molar-refractivity contribution < 1.29 is 23.5 Å². The Balaban J connectivity index is 2.57. The largest absolute Gasteiger partial charge is 0.481 e. The molecule has 1 unspecified atom stereocenters. The first-order valence-electron chi connectivity index (χ1n) is 6.66. The molecule has 1 saturated carbocycles. The number of halogens is 2. The van der Waals surface area contributed by atoms with Crippen LogP contribution in [0.4, 0.5) is 8.78 Å². The molecule has 0 aromatic carbocycles. The average molecular weight is 277 g/mol. The minimum atomic E-state index is -2.65. The highest BCUT2D eigenvalue weighted by Gasteiger charge is 2.38. The van der Waals surface area contributed by atoms with Crippen molar-refractivity contribution in [1.29, 1.82) is 0 Å². The van der Waals surface area contributed by atoms with E-state index in [2.05, 4.69) is 0 Å². The van der Waals surface area contributed by atoms with Gasteiger partial charge in [-0.1, -0.05) is 6.92 Å². The maximum Gasteiger partial charge on any atom is 0.308 e. The van der Waals surface area contributed by atoms with Gasteiger partial charge in [-0.3, -0.25) is 9.59 Å². The van der Waals surface area contributed by atoms with Gasteiger partial charge in [0.15, 0.2) is 0 Å². The molecule has 1 atom stereocenters. The predicted molar refractivity (Wildman–Crippen MR) is 66.0 cm³/mol. The predicted octanol–water partition coefficient (Wildman–Crippen LogP) is 2.38. The van der Waals surface area contributed by atoms with Gasteiger partial charge in [0.2, 0.25) is 11.8 Å². The Morgan fingerprint density at radius 3 is 2.32 bits per heavy atom. The Bertz CT molecular complexity index is 337. The lowest BCUT2D eigenvalue weighted by Gasteiger charge is -2.32. The van der Waals surface area contributed by atoms with Gasteiger partial charge < -0.3 is 10.0 Å². The molecule has 4 nitrogen and oxygen atoms in total. The van der Waals surface area contributed by atoms with Crippen LogP contribution in [0.1, 0.15) is 39.5 Å². The quantitative estimate of drug-likeness (QED) is 0.839. The lowest BCUT2D eigenvalue weighted by molar-refractivity contribution is -0.145. The van der Waals surface area contributed by atoms with Crippen molar-refractivity contribution in [2.75, 3.05) is 13.1 Å². The molecule has 1 N–H and O–H groups in total. The van der Waals surface area contributed by atoms with Crippen LogP contribution in [0.2, 0.25) is 0 Å². The number of carboxylic acid groups (broad SMARTS) is 1. The summed E-state index contributed by atoms with van der Waals surface area (Å²) in [5.41, 5.74) is 0. The summed E-state index contributed by atoms with van der Waals surface area (Å²) in [5, 5.41) is 8.85. The lowest BCUT2D eigenvalue weighted by Crippen LogP contribution is -2.42. The van der Waals surface area contributed by atoms with Crippen molar-refractivity contribution in [2.24, 2.45) is 11.8 Å². The summed E-state index contributed by atoms with van der Waals surface area (Å²) < 4.78 is 26.1. The molecule has 1 aliphatic rings. The first-order valence-corrected chi connectivity index (χ1v) is 6.66. The summed E-state index contributed by atoms with van der Waals surface area (Å²) in [5.74, 6) is -4.83. The Labute approximate surface area is 111 Å². The monoisotopic (exact) mass is 277 g/mol. The van der Waals surface area contributed by atoms with Gasteiger partial charge in [0.05, 0.1) is 5.92 Å². The smallest absolute Gasteiger partial charge is 0.308 e. The molecule has 1 fully saturated rings. The van der Waals surface area contributed by atoms with Crippen molar-refractivity contribution in [3.63, 3.8) is 0 Å². The summed E-state index contributed by atoms with van der Waals surface area (Å²) in [6.45, 7) is 3.85. The molecule has 1 amide bonds. The van der Waals surface area contributed by atoms with Crippen LogP contribution >= 0.6 is 0 Å². The second-order valence-electron chi connectivity index (χ2n) is 5.25. The Kier molecular flexibility index (Phi) is 5.26. The Morgan fingerprint density at radius 2 is 1.89 bits per heavy atom. The molecule has 0 saturated heterocycles. The number of hydrogen-bond acceptors (Lipinski definition) is 2. The normalized spacial score (nSPS) is 20.8. The van der Waals surface area contributed by atoms with E-state index in [4.69, 9.17) is 5.11 Å². The number of nitrogens with zero attached hydrogens (tertiary/aromatic N) is 1. The molecule has 1 rings (SSSR count). The van der Waals surface area contributed by atoms with Crippen LogP contribution in [0.25, 0.3) is 0 Å². The number of amides is 1. The van der Waals surface area contributed by atoms with Crippen molar-refractivity contribution in [3.8, 4) is 0 Å². The van der Waals surface area contributed by atoms with E-state index in [1.807, 2.05) is 0 Å². The number of carbonyl (C=O) groups excluding carboxylic acids is 1. The molecule has 0 radical (unpaired) electrons. The third kappa shape index (κ3) is 4.44. The molecule has 0 bridgehead atoms. The second-order valence-corrected chi connectivity index (χ2v) is 5.25. The van der Waals surface area contributed by atoms with Crippen molar-refractivity contribution in [1.82, 2.24) is 4.90 Å². The third-order valence-corrected chi connectivity index (χ3v) is 3.68. The van der Waals surface area contributed by atoms with Gasteiger partial charge in [-0.2, -0.15) is 0 Å². The van der Waals surface area contributed by atoms with Gasteiger partial charge in [-0.05, 0) is 19.8 Å². The van der Waals surface area contributed by atoms with Gasteiger partial charge in [0.1, 0.15) is 0 Å². The lowest BCUT2D eigenvalue weighted by atomic mass is 9.85. The van der Waals surface area contributed by atoms with Crippen LogP contribution in [0, 0.1) is 11.8 Å². The minimum absolute atomic E-state index is 0.136. The molecule has 1 aliphatic carbocycles. The zero-order chi connectivity index (χ0) is 14.6. The fraction of sp³-hybridized carbons (Fsp3) is 0.846. The van der Waals surface area contributed by atoms with Crippen LogP contribution in [-0.2, 0) is 9.59 Å². The van der Waals surface area contributed by atoms with Gasteiger partial charge >= 0.3 is 5.97 Å². The van der Waals surface area contributed by atoms with Crippen LogP contribution in [0.3, 0.4) is 0 Å². The highest BCUT2D eigenvalue weighted by atomic mass is 19.3. The van der Waals surface area contributed by atoms with Gasteiger partial charge in [0.25, 0.3) is 0 Å². The zero-order valence-corrected chi connectivity index (χ0v) is 11.4. The summed E-state index contributed by atoms with van der Waals surface area (Å²) in [6, 6.07) is 0. The van der Waals surface area contributed by atoms with E-state index in [9.17, 15) is 18.4 Å². The number of hydrogen-bond donors (Lipinski definition) is 1.